The number of nitrogens with one attached hydrogen (secondary N) is 2. The maximum atomic E-state index is 10.7. The molecule has 0 fully saturated rings. The fraction of sp³-hybridized carbons (Fsp3) is 0.235. The molecule has 0 aromatic heterocycles. The van der Waals surface area contributed by atoms with Crippen LogP contribution in [0.2, 0.25) is 0 Å². The van der Waals surface area contributed by atoms with Gasteiger partial charge in [0, 0.05) is 13.1 Å². The molecule has 0 amide bonds. The first-order valence-electron chi connectivity index (χ1n) is 14.0. The molecule has 230 valence electrons. The molecule has 8 nitrogen and oxygen atoms in total. The summed E-state index contributed by atoms with van der Waals surface area (Å²) >= 11 is 7.15. The maximum absolute atomic E-state index is 10.7. The summed E-state index contributed by atoms with van der Waals surface area (Å²) in [7, 11) is 0. The average molecular weight is 726 g/mol. The average Bonchev–Trinajstić information content (AvgIpc) is 2.97. The number of benzene rings is 4. The van der Waals surface area contributed by atoms with Crippen LogP contribution in [0.5, 0.6) is 11.5 Å². The van der Waals surface area contributed by atoms with Crippen molar-refractivity contribution in [3.63, 3.8) is 0 Å². The van der Waals surface area contributed by atoms with Gasteiger partial charge in [-0.3, -0.25) is 9.59 Å². The van der Waals surface area contributed by atoms with Gasteiger partial charge < -0.3 is 30.3 Å². The molecule has 44 heavy (non-hydrogen) atoms. The highest BCUT2D eigenvalue weighted by atomic mass is 79.9. The minimum atomic E-state index is -0.891. The molecule has 4 N–H and O–H groups in total. The van der Waals surface area contributed by atoms with E-state index in [1.807, 2.05) is 48.5 Å². The summed E-state index contributed by atoms with van der Waals surface area (Å²) in [5.74, 6) is -0.360. The first-order chi connectivity index (χ1) is 21.1. The molecule has 0 atom stereocenters. The minimum absolute atomic E-state index is 0.0939. The Morgan fingerprint density at radius 2 is 1.07 bits per heavy atom. The lowest BCUT2D eigenvalue weighted by Gasteiger charge is -2.17. The molecule has 4 aromatic rings. The van der Waals surface area contributed by atoms with Crippen molar-refractivity contribution in [2.24, 2.45) is 0 Å². The highest BCUT2D eigenvalue weighted by molar-refractivity contribution is 9.10. The van der Waals surface area contributed by atoms with Crippen LogP contribution < -0.4 is 20.1 Å². The van der Waals surface area contributed by atoms with Crippen LogP contribution in [0.3, 0.4) is 0 Å². The number of carbonyl (C=O) groups is 2. The summed E-state index contributed by atoms with van der Waals surface area (Å²) in [5, 5.41) is 23.4. The molecule has 0 aliphatic rings. The lowest BCUT2D eigenvalue weighted by molar-refractivity contribution is -0.137. The van der Waals surface area contributed by atoms with E-state index in [4.69, 9.17) is 19.7 Å². The summed E-state index contributed by atoms with van der Waals surface area (Å²) in [4.78, 5) is 21.5. The number of carboxylic acids is 2. The Labute approximate surface area is 273 Å². The molecule has 0 saturated carbocycles. The molecule has 0 unspecified atom stereocenters. The fourth-order valence-corrected chi connectivity index (χ4v) is 5.83. The van der Waals surface area contributed by atoms with Crippen molar-refractivity contribution in [3.05, 3.63) is 115 Å². The second-order valence-corrected chi connectivity index (χ2v) is 12.0. The van der Waals surface area contributed by atoms with Gasteiger partial charge in [0.05, 0.1) is 22.0 Å². The van der Waals surface area contributed by atoms with E-state index in [2.05, 4.69) is 80.6 Å². The van der Waals surface area contributed by atoms with Crippen LogP contribution in [0.4, 0.5) is 0 Å². The van der Waals surface area contributed by atoms with Crippen LogP contribution in [0.15, 0.2) is 81.7 Å². The second-order valence-electron chi connectivity index (χ2n) is 10.3. The Morgan fingerprint density at radius 1 is 0.659 bits per heavy atom. The highest BCUT2D eigenvalue weighted by Gasteiger charge is 2.13. The predicted molar refractivity (Wildman–Crippen MR) is 177 cm³/mol. The second kappa shape index (κ2) is 15.9. The van der Waals surface area contributed by atoms with E-state index in [1.165, 1.54) is 0 Å². The molecular weight excluding hydrogens is 692 g/mol. The van der Waals surface area contributed by atoms with Gasteiger partial charge in [-0.15, -0.1) is 0 Å². The van der Waals surface area contributed by atoms with Gasteiger partial charge >= 0.3 is 11.9 Å². The van der Waals surface area contributed by atoms with Gasteiger partial charge in [0.2, 0.25) is 0 Å². The van der Waals surface area contributed by atoms with Crippen LogP contribution in [0.1, 0.15) is 33.4 Å². The van der Waals surface area contributed by atoms with Gasteiger partial charge in [-0.1, -0.05) is 48.5 Å². The topological polar surface area (TPSA) is 117 Å². The Bertz CT molecular complexity index is 1520. The van der Waals surface area contributed by atoms with Gasteiger partial charge in [0.1, 0.15) is 24.7 Å². The smallest absolute Gasteiger partial charge is 0.317 e. The van der Waals surface area contributed by atoms with Crippen molar-refractivity contribution < 1.29 is 29.3 Å². The van der Waals surface area contributed by atoms with Gasteiger partial charge in [-0.2, -0.15) is 0 Å². The molecule has 0 heterocycles. The van der Waals surface area contributed by atoms with Gasteiger partial charge in [0.25, 0.3) is 0 Å². The van der Waals surface area contributed by atoms with Crippen LogP contribution in [0, 0.1) is 13.8 Å². The van der Waals surface area contributed by atoms with E-state index in [1.54, 1.807) is 0 Å². The highest BCUT2D eigenvalue weighted by Crippen LogP contribution is 2.33. The molecule has 0 radical (unpaired) electrons. The van der Waals surface area contributed by atoms with Crippen molar-refractivity contribution in [2.75, 3.05) is 13.1 Å². The van der Waals surface area contributed by atoms with Crippen molar-refractivity contribution in [1.29, 1.82) is 0 Å². The first kappa shape index (κ1) is 33.2. The standard InChI is InChI=1S/C34H34Br2N2O6/c1-21-25(19-43-31-11-9-23(13-29(31)35)15-37-17-33(39)40)5-3-7-27(21)28-8-4-6-26(22(28)2)20-44-32-12-10-24(14-30(32)36)16-38-18-34(41)42/h3-14,37-38H,15-20H2,1-2H3,(H,39,40)(H,41,42). The largest absolute Gasteiger partial charge is 0.488 e. The Balaban J connectivity index is 1.42. The predicted octanol–water partition coefficient (Wildman–Crippen LogP) is 7.00. The third kappa shape index (κ3) is 9.15. The van der Waals surface area contributed by atoms with Crippen molar-refractivity contribution in [2.45, 2.75) is 40.2 Å². The van der Waals surface area contributed by atoms with Gasteiger partial charge in [-0.25, -0.2) is 0 Å². The van der Waals surface area contributed by atoms with Crippen LogP contribution in [0.25, 0.3) is 11.1 Å². The van der Waals surface area contributed by atoms with Crippen molar-refractivity contribution >= 4 is 43.8 Å². The molecule has 0 spiro atoms. The zero-order valence-corrected chi connectivity index (χ0v) is 27.6. The van der Waals surface area contributed by atoms with Gasteiger partial charge in [-0.05, 0) is 114 Å². The van der Waals surface area contributed by atoms with E-state index in [0.717, 1.165) is 53.5 Å². The van der Waals surface area contributed by atoms with E-state index in [9.17, 15) is 9.59 Å². The van der Waals surface area contributed by atoms with Crippen LogP contribution in [-0.2, 0) is 35.9 Å². The molecule has 0 aliphatic heterocycles. The number of hydrogen-bond acceptors (Lipinski definition) is 6. The van der Waals surface area contributed by atoms with Gasteiger partial charge in [0.15, 0.2) is 0 Å². The number of hydrogen-bond donors (Lipinski definition) is 4. The first-order valence-corrected chi connectivity index (χ1v) is 15.6. The van der Waals surface area contributed by atoms with E-state index in [-0.39, 0.29) is 13.1 Å². The molecule has 4 aromatic carbocycles. The number of rotatable bonds is 15. The van der Waals surface area contributed by atoms with E-state index >= 15 is 0 Å². The maximum Gasteiger partial charge on any atom is 0.317 e. The van der Waals surface area contributed by atoms with E-state index < -0.39 is 11.9 Å². The number of halogens is 2. The SMILES string of the molecule is Cc1c(COc2ccc(CNCC(=O)O)cc2Br)cccc1-c1cccc(COc2ccc(CNCC(=O)O)cc2Br)c1C. The Morgan fingerprint density at radius 3 is 1.43 bits per heavy atom. The lowest BCUT2D eigenvalue weighted by Crippen LogP contribution is -2.21. The number of ether oxygens (including phenoxy) is 2. The summed E-state index contributed by atoms with van der Waals surface area (Å²) in [6, 6.07) is 23.9. The molecule has 4 rings (SSSR count). The number of carboxylic acid groups (broad SMARTS) is 2. The zero-order valence-electron chi connectivity index (χ0n) is 24.5. The zero-order chi connectivity index (χ0) is 31.6. The molecule has 0 aliphatic carbocycles. The summed E-state index contributed by atoms with van der Waals surface area (Å²) in [6.07, 6.45) is 0. The fourth-order valence-electron chi connectivity index (χ4n) is 4.74. The monoisotopic (exact) mass is 724 g/mol. The molecule has 0 saturated heterocycles. The van der Waals surface area contributed by atoms with Crippen LogP contribution >= 0.6 is 31.9 Å². The Kier molecular flexibility index (Phi) is 12.0. The summed E-state index contributed by atoms with van der Waals surface area (Å²) in [6.45, 7) is 5.71. The van der Waals surface area contributed by atoms with Crippen molar-refractivity contribution in [3.8, 4) is 22.6 Å². The van der Waals surface area contributed by atoms with E-state index in [0.29, 0.717) is 37.8 Å². The van der Waals surface area contributed by atoms with Crippen LogP contribution in [-0.4, -0.2) is 35.2 Å². The summed E-state index contributed by atoms with van der Waals surface area (Å²) in [5.41, 5.74) is 8.58. The summed E-state index contributed by atoms with van der Waals surface area (Å²) < 4.78 is 14.0. The number of aliphatic carboxylic acids is 2. The minimum Gasteiger partial charge on any atom is -0.488 e. The Hall–Kier alpha value is -3.70. The molecule has 0 bridgehead atoms. The molecule has 10 heteroatoms. The quantitative estimate of drug-likeness (QED) is 0.104. The lowest BCUT2D eigenvalue weighted by atomic mass is 9.92. The van der Waals surface area contributed by atoms with Crippen molar-refractivity contribution in [1.82, 2.24) is 10.6 Å². The molecular formula is C34H34Br2N2O6. The normalized spacial score (nSPS) is 10.9. The third-order valence-electron chi connectivity index (χ3n) is 7.15. The third-order valence-corrected chi connectivity index (χ3v) is 8.39.